The van der Waals surface area contributed by atoms with E-state index in [9.17, 15) is 16.8 Å². The number of aromatic nitrogens is 2. The number of thiophene rings is 2. The van der Waals surface area contributed by atoms with Gasteiger partial charge in [-0.2, -0.15) is 16.8 Å². The molecule has 0 bridgehead atoms. The third-order valence-corrected chi connectivity index (χ3v) is 14.9. The lowest BCUT2D eigenvalue weighted by Crippen LogP contribution is -2.01. The van der Waals surface area contributed by atoms with Crippen LogP contribution in [0.2, 0.25) is 0 Å². The number of hydrogen-bond acceptors (Lipinski definition) is 14. The molecule has 0 spiro atoms. The van der Waals surface area contributed by atoms with Crippen LogP contribution in [0.4, 0.5) is 11.4 Å². The van der Waals surface area contributed by atoms with E-state index in [1.54, 1.807) is 45.3 Å². The van der Waals surface area contributed by atoms with Crippen molar-refractivity contribution in [3.8, 4) is 19.8 Å². The molecule has 0 radical (unpaired) electrons. The highest BCUT2D eigenvalue weighted by atomic mass is 79.9. The molecule has 0 aliphatic rings. The predicted molar refractivity (Wildman–Crippen MR) is 185 cm³/mol. The van der Waals surface area contributed by atoms with Gasteiger partial charge in [0, 0.05) is 33.0 Å². The van der Waals surface area contributed by atoms with Crippen molar-refractivity contribution in [2.45, 2.75) is 9.79 Å². The molecule has 4 heterocycles. The van der Waals surface area contributed by atoms with Gasteiger partial charge in [0.05, 0.1) is 47.6 Å². The second kappa shape index (κ2) is 12.6. The fourth-order valence-electron chi connectivity index (χ4n) is 3.42. The highest BCUT2D eigenvalue weighted by molar-refractivity contribution is 9.11. The van der Waals surface area contributed by atoms with Crippen molar-refractivity contribution in [1.29, 1.82) is 0 Å². The summed E-state index contributed by atoms with van der Waals surface area (Å²) in [6, 6.07) is 15.0. The normalized spacial score (nSPS) is 12.1. The van der Waals surface area contributed by atoms with Crippen LogP contribution in [0, 0.1) is 0 Å². The molecule has 2 aromatic carbocycles. The first-order valence-electron chi connectivity index (χ1n) is 10.9. The van der Waals surface area contributed by atoms with Crippen LogP contribution in [-0.4, -0.2) is 35.9 Å². The lowest BCUT2D eigenvalue weighted by Gasteiger charge is -2.10. The minimum Gasteiger partial charge on any atom is -0.398 e. The molecule has 6 N–H and O–H groups in total. The van der Waals surface area contributed by atoms with Gasteiger partial charge in [-0.1, -0.05) is 0 Å². The lowest BCUT2D eigenvalue weighted by molar-refractivity contribution is 0.500. The van der Waals surface area contributed by atoms with Gasteiger partial charge in [0.2, 0.25) is 0 Å². The second-order valence-electron chi connectivity index (χ2n) is 7.93. The van der Waals surface area contributed by atoms with E-state index in [2.05, 4.69) is 68.3 Å². The average Bonchev–Trinajstić information content (AvgIpc) is 3.67. The van der Waals surface area contributed by atoms with E-state index in [-0.39, 0.29) is 42.8 Å². The maximum atomic E-state index is 10.8. The van der Waals surface area contributed by atoms with Crippen LogP contribution in [0.15, 0.2) is 65.9 Å². The van der Waals surface area contributed by atoms with Crippen LogP contribution >= 0.6 is 98.8 Å². The first kappa shape index (κ1) is 32.1. The van der Waals surface area contributed by atoms with Crippen LogP contribution in [-0.2, 0) is 18.3 Å². The Morgan fingerprint density at radius 1 is 0.619 bits per heavy atom. The number of rotatable bonds is 6. The van der Waals surface area contributed by atoms with Gasteiger partial charge in [-0.25, -0.2) is 9.97 Å². The van der Waals surface area contributed by atoms with Gasteiger partial charge in [-0.05, 0) is 80.4 Å². The van der Waals surface area contributed by atoms with Crippen LogP contribution in [0.1, 0.15) is 0 Å². The van der Waals surface area contributed by atoms with Crippen molar-refractivity contribution >= 4 is 149 Å². The topological polar surface area (TPSA) is 187 Å². The number of thiazole rings is 2. The van der Waals surface area contributed by atoms with E-state index >= 15 is 0 Å². The summed E-state index contributed by atoms with van der Waals surface area (Å²) in [5.74, 6) is 0. The van der Waals surface area contributed by atoms with Crippen LogP contribution in [0.3, 0.4) is 0 Å². The molecule has 0 aliphatic carbocycles. The first-order valence-corrected chi connectivity index (χ1v) is 21.3. The molecule has 20 heteroatoms. The minimum absolute atomic E-state index is 0.0648. The average molecular weight is 847 g/mol. The molecule has 6 rings (SSSR count). The number of halogens is 2. The molecule has 4 aromatic heterocycles. The monoisotopic (exact) mass is 844 g/mol. The number of nitrogens with zero attached hydrogens (tertiary/aromatic N) is 2. The Morgan fingerprint density at radius 2 is 1.00 bits per heavy atom. The van der Waals surface area contributed by atoms with E-state index in [1.165, 1.54) is 31.3 Å². The van der Waals surface area contributed by atoms with Gasteiger partial charge in [-0.3, -0.25) is 9.11 Å². The third-order valence-electron chi connectivity index (χ3n) is 5.03. The molecule has 10 nitrogen and oxygen atoms in total. The molecule has 6 aromatic rings. The van der Waals surface area contributed by atoms with E-state index in [0.29, 0.717) is 0 Å². The molecular weight excluding hydrogens is 833 g/mol. The van der Waals surface area contributed by atoms with E-state index < -0.39 is 18.3 Å². The minimum atomic E-state index is -4.50. The van der Waals surface area contributed by atoms with Crippen LogP contribution in [0.25, 0.3) is 40.2 Å². The number of benzene rings is 2. The summed E-state index contributed by atoms with van der Waals surface area (Å²) in [4.78, 5) is 11.5. The SMILES string of the molecule is Brc1ccc(-c2nc3ccc4nc(-c5ccc(Br)s5)sc4c3s2)s1.Nc1ccc(N)c(SS(=O)(=O)O)c1SS(=O)(=O)O. The number of anilines is 2. The van der Waals surface area contributed by atoms with Gasteiger partial charge in [-0.15, -0.1) is 45.3 Å². The Kier molecular flexibility index (Phi) is 9.63. The van der Waals surface area contributed by atoms with Crippen molar-refractivity contribution in [3.05, 3.63) is 56.1 Å². The summed E-state index contributed by atoms with van der Waals surface area (Å²) in [7, 11) is -9.14. The molecule has 0 saturated carbocycles. The van der Waals surface area contributed by atoms with E-state index in [4.69, 9.17) is 30.5 Å². The van der Waals surface area contributed by atoms with Gasteiger partial charge in [0.25, 0.3) is 0 Å². The van der Waals surface area contributed by atoms with Crippen molar-refractivity contribution in [2.75, 3.05) is 11.5 Å². The van der Waals surface area contributed by atoms with Crippen molar-refractivity contribution in [2.24, 2.45) is 0 Å². The lowest BCUT2D eigenvalue weighted by atomic mass is 10.3. The smallest absolute Gasteiger partial charge is 0.324 e. The van der Waals surface area contributed by atoms with Crippen LogP contribution < -0.4 is 11.5 Å². The Hall–Kier alpha value is -1.30. The maximum absolute atomic E-state index is 10.8. The summed E-state index contributed by atoms with van der Waals surface area (Å²) in [6.45, 7) is 0. The summed E-state index contributed by atoms with van der Waals surface area (Å²) in [5.41, 5.74) is 12.9. The van der Waals surface area contributed by atoms with Crippen molar-refractivity contribution < 1.29 is 25.9 Å². The molecule has 220 valence electrons. The Labute approximate surface area is 279 Å². The largest absolute Gasteiger partial charge is 0.398 e. The van der Waals surface area contributed by atoms with Gasteiger partial charge in [0.1, 0.15) is 10.0 Å². The van der Waals surface area contributed by atoms with Crippen molar-refractivity contribution in [1.82, 2.24) is 9.97 Å². The van der Waals surface area contributed by atoms with E-state index in [1.807, 2.05) is 0 Å². The van der Waals surface area contributed by atoms with Gasteiger partial charge in [0.15, 0.2) is 0 Å². The second-order valence-corrected chi connectivity index (χ2v) is 21.2. The summed E-state index contributed by atoms with van der Waals surface area (Å²) < 4.78 is 65.3. The number of nitrogen functional groups attached to an aromatic ring is 2. The Balaban J connectivity index is 0.000000177. The fourth-order valence-corrected chi connectivity index (χ4v) is 12.6. The molecule has 0 atom stereocenters. The Morgan fingerprint density at radius 3 is 1.31 bits per heavy atom. The van der Waals surface area contributed by atoms with Gasteiger partial charge < -0.3 is 11.5 Å². The number of hydrogen-bond donors (Lipinski definition) is 4. The standard InChI is InChI=1S/C16H6Br2N2S4.C6H8N2O6S4/c17-11-5-3-9(21-11)15-19-7-1-2-8-14(13(7)23-15)24-16(20-8)10-4-6-12(18)22-10;7-3-1-2-4(8)6(16-18(12,13)14)5(3)15-17(9,10)11/h1-6H;1-2H,7-8H2,(H,9,10,11)(H,12,13,14). The zero-order valence-corrected chi connectivity index (χ0v) is 29.9. The highest BCUT2D eigenvalue weighted by Crippen LogP contribution is 2.44. The zero-order valence-electron chi connectivity index (χ0n) is 20.2. The molecular formula is C22H14Br2N4O6S8. The fraction of sp³-hybridized carbons (Fsp3) is 0. The van der Waals surface area contributed by atoms with Gasteiger partial charge >= 0.3 is 18.3 Å². The van der Waals surface area contributed by atoms with Crippen molar-refractivity contribution in [3.63, 3.8) is 0 Å². The molecule has 0 aliphatic heterocycles. The molecule has 0 fully saturated rings. The first-order chi connectivity index (χ1) is 19.7. The quantitative estimate of drug-likeness (QED) is 0.0712. The molecule has 42 heavy (non-hydrogen) atoms. The van der Waals surface area contributed by atoms with E-state index in [0.717, 1.165) is 28.6 Å². The molecule has 0 saturated heterocycles. The Bertz CT molecular complexity index is 2020. The summed E-state index contributed by atoms with van der Waals surface area (Å²) in [5, 5.41) is 2.14. The number of fused-ring (bicyclic) bond motifs is 3. The maximum Gasteiger partial charge on any atom is 0.324 e. The number of nitrogens with two attached hydrogens (primary N) is 2. The zero-order chi connectivity index (χ0) is 30.4. The summed E-state index contributed by atoms with van der Waals surface area (Å²) >= 11 is 14.0. The predicted octanol–water partition coefficient (Wildman–Crippen LogP) is 8.53. The molecule has 0 unspecified atom stereocenters. The third kappa shape index (κ3) is 7.67. The summed E-state index contributed by atoms with van der Waals surface area (Å²) in [6.07, 6.45) is 0. The van der Waals surface area contributed by atoms with Crippen LogP contribution in [0.5, 0.6) is 0 Å². The molecule has 0 amide bonds. The highest BCUT2D eigenvalue weighted by Gasteiger charge is 2.22.